The summed E-state index contributed by atoms with van der Waals surface area (Å²) in [6.07, 6.45) is 10.5. The van der Waals surface area contributed by atoms with Gasteiger partial charge in [0.2, 0.25) is 5.91 Å². The van der Waals surface area contributed by atoms with Crippen LogP contribution in [0.25, 0.3) is 0 Å². The Hall–Kier alpha value is -0.570. The first-order valence-electron chi connectivity index (χ1n) is 8.20. The normalized spacial score (nSPS) is 20.8. The van der Waals surface area contributed by atoms with Crippen LogP contribution in [0, 0.1) is 5.92 Å². The summed E-state index contributed by atoms with van der Waals surface area (Å²) >= 11 is 0. The Balaban J connectivity index is 2.34. The molecule has 0 spiro atoms. The Kier molecular flexibility index (Phi) is 8.11. The Morgan fingerprint density at radius 3 is 2.47 bits per heavy atom. The molecule has 1 aliphatic rings. The van der Waals surface area contributed by atoms with Crippen LogP contribution in [-0.4, -0.2) is 29.9 Å². The van der Waals surface area contributed by atoms with E-state index >= 15 is 0 Å². The Bertz CT molecular complexity index is 255. The van der Waals surface area contributed by atoms with Crippen molar-refractivity contribution in [1.82, 2.24) is 4.90 Å². The van der Waals surface area contributed by atoms with Crippen molar-refractivity contribution >= 4 is 5.91 Å². The average molecular weight is 268 g/mol. The van der Waals surface area contributed by atoms with Gasteiger partial charge in [-0.2, -0.15) is 0 Å². The van der Waals surface area contributed by atoms with E-state index in [0.29, 0.717) is 11.8 Å². The van der Waals surface area contributed by atoms with Crippen molar-refractivity contribution in [3.05, 3.63) is 0 Å². The van der Waals surface area contributed by atoms with E-state index in [9.17, 15) is 4.79 Å². The molecule has 0 aromatic carbocycles. The second-order valence-electron chi connectivity index (χ2n) is 6.10. The van der Waals surface area contributed by atoms with Gasteiger partial charge in [0.15, 0.2) is 0 Å². The molecule has 0 aromatic rings. The highest BCUT2D eigenvalue weighted by Gasteiger charge is 2.25. The first-order valence-corrected chi connectivity index (χ1v) is 8.20. The number of rotatable bonds is 9. The van der Waals surface area contributed by atoms with Crippen LogP contribution in [0.1, 0.15) is 71.6 Å². The SMILES string of the molecule is CCCCCC(CCCC)CC(=O)N1CCC(N)C1. The molecule has 2 atom stereocenters. The number of amides is 1. The van der Waals surface area contributed by atoms with Gasteiger partial charge >= 0.3 is 0 Å². The zero-order valence-corrected chi connectivity index (χ0v) is 12.9. The highest BCUT2D eigenvalue weighted by molar-refractivity contribution is 5.76. The minimum atomic E-state index is 0.207. The van der Waals surface area contributed by atoms with Gasteiger partial charge in [0.25, 0.3) is 0 Å². The van der Waals surface area contributed by atoms with E-state index in [0.717, 1.165) is 25.9 Å². The van der Waals surface area contributed by atoms with Gasteiger partial charge in [0, 0.05) is 25.6 Å². The third kappa shape index (κ3) is 6.42. The van der Waals surface area contributed by atoms with Gasteiger partial charge in [-0.25, -0.2) is 0 Å². The lowest BCUT2D eigenvalue weighted by atomic mass is 9.92. The molecule has 1 saturated heterocycles. The van der Waals surface area contributed by atoms with Gasteiger partial charge in [0.1, 0.15) is 0 Å². The molecule has 0 bridgehead atoms. The molecule has 0 saturated carbocycles. The topological polar surface area (TPSA) is 46.3 Å². The van der Waals surface area contributed by atoms with E-state index in [1.165, 1.54) is 44.9 Å². The van der Waals surface area contributed by atoms with Crippen molar-refractivity contribution in [2.75, 3.05) is 13.1 Å². The maximum atomic E-state index is 12.3. The number of unbranched alkanes of at least 4 members (excludes halogenated alkanes) is 3. The summed E-state index contributed by atoms with van der Waals surface area (Å²) in [5.41, 5.74) is 5.88. The molecule has 2 N–H and O–H groups in total. The van der Waals surface area contributed by atoms with E-state index in [-0.39, 0.29) is 6.04 Å². The fourth-order valence-corrected chi connectivity index (χ4v) is 2.91. The molecule has 3 heteroatoms. The maximum absolute atomic E-state index is 12.3. The number of nitrogens with two attached hydrogens (primary N) is 1. The standard InChI is InChI=1S/C16H32N2O/c1-3-5-7-9-14(8-6-4-2)12-16(19)18-11-10-15(17)13-18/h14-15H,3-13,17H2,1-2H3. The first-order chi connectivity index (χ1) is 9.17. The predicted molar refractivity (Wildman–Crippen MR) is 80.9 cm³/mol. The summed E-state index contributed by atoms with van der Waals surface area (Å²) in [7, 11) is 0. The van der Waals surface area contributed by atoms with Gasteiger partial charge in [-0.15, -0.1) is 0 Å². The number of hydrogen-bond acceptors (Lipinski definition) is 2. The van der Waals surface area contributed by atoms with Crippen molar-refractivity contribution < 1.29 is 4.79 Å². The molecule has 0 aromatic heterocycles. The molecule has 0 radical (unpaired) electrons. The number of carbonyl (C=O) groups excluding carboxylic acids is 1. The molecule has 112 valence electrons. The van der Waals surface area contributed by atoms with Crippen LogP contribution in [0.4, 0.5) is 0 Å². The summed E-state index contributed by atoms with van der Waals surface area (Å²) in [5, 5.41) is 0. The molecular weight excluding hydrogens is 236 g/mol. The van der Waals surface area contributed by atoms with Crippen LogP contribution in [0.3, 0.4) is 0 Å². The van der Waals surface area contributed by atoms with Gasteiger partial charge in [-0.1, -0.05) is 46.0 Å². The van der Waals surface area contributed by atoms with E-state index < -0.39 is 0 Å². The highest BCUT2D eigenvalue weighted by atomic mass is 16.2. The first kappa shape index (κ1) is 16.5. The molecule has 19 heavy (non-hydrogen) atoms. The molecular formula is C16H32N2O. The lowest BCUT2D eigenvalue weighted by Gasteiger charge is -2.21. The van der Waals surface area contributed by atoms with Gasteiger partial charge in [-0.05, 0) is 25.2 Å². The predicted octanol–water partition coefficient (Wildman–Crippen LogP) is 3.32. The van der Waals surface area contributed by atoms with Crippen molar-refractivity contribution in [2.24, 2.45) is 11.7 Å². The lowest BCUT2D eigenvalue weighted by molar-refractivity contribution is -0.131. The molecule has 1 rings (SSSR count). The number of carbonyl (C=O) groups is 1. The molecule has 1 fully saturated rings. The molecule has 1 heterocycles. The van der Waals surface area contributed by atoms with Crippen LogP contribution in [0.5, 0.6) is 0 Å². The third-order valence-corrected chi connectivity index (χ3v) is 4.22. The van der Waals surface area contributed by atoms with E-state index in [4.69, 9.17) is 5.73 Å². The Morgan fingerprint density at radius 2 is 1.89 bits per heavy atom. The van der Waals surface area contributed by atoms with Crippen LogP contribution in [0.2, 0.25) is 0 Å². The second kappa shape index (κ2) is 9.35. The van der Waals surface area contributed by atoms with Crippen molar-refractivity contribution in [2.45, 2.75) is 77.7 Å². The zero-order chi connectivity index (χ0) is 14.1. The monoisotopic (exact) mass is 268 g/mol. The van der Waals surface area contributed by atoms with Crippen molar-refractivity contribution in [3.63, 3.8) is 0 Å². The molecule has 3 nitrogen and oxygen atoms in total. The number of likely N-dealkylation sites (tertiary alicyclic amines) is 1. The lowest BCUT2D eigenvalue weighted by Crippen LogP contribution is -2.33. The van der Waals surface area contributed by atoms with Gasteiger partial charge in [0.05, 0.1) is 0 Å². The summed E-state index contributed by atoms with van der Waals surface area (Å²) < 4.78 is 0. The minimum Gasteiger partial charge on any atom is -0.341 e. The fraction of sp³-hybridized carbons (Fsp3) is 0.938. The van der Waals surface area contributed by atoms with Crippen LogP contribution in [-0.2, 0) is 4.79 Å². The van der Waals surface area contributed by atoms with Crippen molar-refractivity contribution in [1.29, 1.82) is 0 Å². The largest absolute Gasteiger partial charge is 0.341 e. The quantitative estimate of drug-likeness (QED) is 0.652. The number of nitrogens with zero attached hydrogens (tertiary/aromatic N) is 1. The third-order valence-electron chi connectivity index (χ3n) is 4.22. The second-order valence-corrected chi connectivity index (χ2v) is 6.10. The van der Waals surface area contributed by atoms with E-state index in [1.54, 1.807) is 0 Å². The molecule has 0 aliphatic carbocycles. The molecule has 1 amide bonds. The zero-order valence-electron chi connectivity index (χ0n) is 12.9. The highest BCUT2D eigenvalue weighted by Crippen LogP contribution is 2.22. The van der Waals surface area contributed by atoms with Crippen molar-refractivity contribution in [3.8, 4) is 0 Å². The molecule has 1 aliphatic heterocycles. The maximum Gasteiger partial charge on any atom is 0.222 e. The molecule has 2 unspecified atom stereocenters. The van der Waals surface area contributed by atoms with Crippen LogP contribution < -0.4 is 5.73 Å². The summed E-state index contributed by atoms with van der Waals surface area (Å²) in [6, 6.07) is 0.207. The smallest absolute Gasteiger partial charge is 0.222 e. The average Bonchev–Trinajstić information content (AvgIpc) is 2.82. The Morgan fingerprint density at radius 1 is 1.21 bits per heavy atom. The van der Waals surface area contributed by atoms with Gasteiger partial charge in [-0.3, -0.25) is 4.79 Å². The summed E-state index contributed by atoms with van der Waals surface area (Å²) in [6.45, 7) is 6.10. The van der Waals surface area contributed by atoms with E-state index in [1.807, 2.05) is 4.90 Å². The van der Waals surface area contributed by atoms with Gasteiger partial charge < -0.3 is 10.6 Å². The van der Waals surface area contributed by atoms with Crippen LogP contribution in [0.15, 0.2) is 0 Å². The van der Waals surface area contributed by atoms with E-state index in [2.05, 4.69) is 13.8 Å². The minimum absolute atomic E-state index is 0.207. The fourth-order valence-electron chi connectivity index (χ4n) is 2.91. The van der Waals surface area contributed by atoms with Crippen LogP contribution >= 0.6 is 0 Å². The number of hydrogen-bond donors (Lipinski definition) is 1. The summed E-state index contributed by atoms with van der Waals surface area (Å²) in [4.78, 5) is 14.2. The summed E-state index contributed by atoms with van der Waals surface area (Å²) in [5.74, 6) is 0.932. The Labute approximate surface area is 118 Å².